The Hall–Kier alpha value is -4.00. The molecule has 0 bridgehead atoms. The number of carbonyl (C=O) groups is 2. The van der Waals surface area contributed by atoms with E-state index in [2.05, 4.69) is 0 Å². The second-order valence-electron chi connectivity index (χ2n) is 8.41. The SMILES string of the molecule is COc1ccc(N2C(=O)C(=O)/C(=C(/O)c3cc(Cl)c(OC)c(Cl)c3)C2c2cccc3ccccc23)cc1. The first kappa shape index (κ1) is 24.7. The normalized spacial score (nSPS) is 16.9. The quantitative estimate of drug-likeness (QED) is 0.173. The van der Waals surface area contributed by atoms with Gasteiger partial charge in [-0.1, -0.05) is 65.7 Å². The Labute approximate surface area is 223 Å². The second kappa shape index (κ2) is 9.81. The van der Waals surface area contributed by atoms with E-state index < -0.39 is 23.5 Å². The zero-order chi connectivity index (χ0) is 26.3. The Bertz CT molecular complexity index is 1550. The van der Waals surface area contributed by atoms with Crippen molar-refractivity contribution in [3.63, 3.8) is 0 Å². The van der Waals surface area contributed by atoms with Crippen molar-refractivity contribution in [2.45, 2.75) is 6.04 Å². The lowest BCUT2D eigenvalue weighted by Crippen LogP contribution is -2.29. The molecule has 0 radical (unpaired) electrons. The number of carbonyl (C=O) groups excluding carboxylic acids is 2. The largest absolute Gasteiger partial charge is 0.507 e. The summed E-state index contributed by atoms with van der Waals surface area (Å²) in [6.45, 7) is 0. The van der Waals surface area contributed by atoms with Crippen molar-refractivity contribution in [3.8, 4) is 11.5 Å². The van der Waals surface area contributed by atoms with Crippen LogP contribution in [0.5, 0.6) is 11.5 Å². The molecule has 0 aliphatic carbocycles. The van der Waals surface area contributed by atoms with E-state index in [4.69, 9.17) is 32.7 Å². The number of hydrogen-bond acceptors (Lipinski definition) is 5. The number of amides is 1. The molecule has 1 heterocycles. The van der Waals surface area contributed by atoms with Crippen molar-refractivity contribution in [2.24, 2.45) is 0 Å². The second-order valence-corrected chi connectivity index (χ2v) is 9.22. The van der Waals surface area contributed by atoms with Crippen LogP contribution in [0.3, 0.4) is 0 Å². The molecule has 8 heteroatoms. The fourth-order valence-corrected chi connectivity index (χ4v) is 5.31. The summed E-state index contributed by atoms with van der Waals surface area (Å²) < 4.78 is 10.5. The Kier molecular flexibility index (Phi) is 6.54. The monoisotopic (exact) mass is 533 g/mol. The van der Waals surface area contributed by atoms with Crippen LogP contribution in [0.4, 0.5) is 5.69 Å². The van der Waals surface area contributed by atoms with E-state index in [0.29, 0.717) is 17.0 Å². The van der Waals surface area contributed by atoms with Gasteiger partial charge >= 0.3 is 0 Å². The predicted octanol–water partition coefficient (Wildman–Crippen LogP) is 6.79. The van der Waals surface area contributed by atoms with Crippen molar-refractivity contribution < 1.29 is 24.2 Å². The average molecular weight is 534 g/mol. The van der Waals surface area contributed by atoms with E-state index >= 15 is 0 Å². The number of anilines is 1. The number of nitrogens with zero attached hydrogens (tertiary/aromatic N) is 1. The van der Waals surface area contributed by atoms with Crippen molar-refractivity contribution in [2.75, 3.05) is 19.1 Å². The summed E-state index contributed by atoms with van der Waals surface area (Å²) in [6, 6.07) is 22.1. The van der Waals surface area contributed by atoms with Gasteiger partial charge in [-0.25, -0.2) is 0 Å². The van der Waals surface area contributed by atoms with E-state index in [1.807, 2.05) is 42.5 Å². The van der Waals surface area contributed by atoms with Gasteiger partial charge in [-0.2, -0.15) is 0 Å². The number of rotatable bonds is 5. The molecule has 1 saturated heterocycles. The van der Waals surface area contributed by atoms with Gasteiger partial charge in [0.2, 0.25) is 0 Å². The van der Waals surface area contributed by atoms with Gasteiger partial charge in [-0.15, -0.1) is 0 Å². The van der Waals surface area contributed by atoms with Crippen molar-refractivity contribution in [3.05, 3.63) is 106 Å². The van der Waals surface area contributed by atoms with Crippen LogP contribution in [0.15, 0.2) is 84.4 Å². The molecule has 186 valence electrons. The molecule has 1 N–H and O–H groups in total. The first-order chi connectivity index (χ1) is 17.8. The van der Waals surface area contributed by atoms with Crippen molar-refractivity contribution in [1.29, 1.82) is 0 Å². The maximum Gasteiger partial charge on any atom is 0.300 e. The Morgan fingerprint density at radius 3 is 2.16 bits per heavy atom. The summed E-state index contributed by atoms with van der Waals surface area (Å²) in [7, 11) is 2.97. The van der Waals surface area contributed by atoms with Crippen molar-refractivity contribution >= 4 is 57.1 Å². The summed E-state index contributed by atoms with van der Waals surface area (Å²) in [5, 5.41) is 13.6. The van der Waals surface area contributed by atoms with E-state index in [0.717, 1.165) is 10.8 Å². The minimum absolute atomic E-state index is 0.0746. The van der Waals surface area contributed by atoms with Crippen LogP contribution in [0, 0.1) is 0 Å². The smallest absolute Gasteiger partial charge is 0.300 e. The minimum atomic E-state index is -0.917. The fraction of sp³-hybridized carbons (Fsp3) is 0.103. The molecule has 1 amide bonds. The van der Waals surface area contributed by atoms with Gasteiger partial charge in [-0.05, 0) is 52.7 Å². The third-order valence-corrected chi connectivity index (χ3v) is 6.95. The van der Waals surface area contributed by atoms with Gasteiger partial charge in [0.15, 0.2) is 5.75 Å². The lowest BCUT2D eigenvalue weighted by atomic mass is 9.91. The Morgan fingerprint density at radius 2 is 1.51 bits per heavy atom. The number of halogens is 2. The van der Waals surface area contributed by atoms with Gasteiger partial charge in [-0.3, -0.25) is 14.5 Å². The molecular weight excluding hydrogens is 513 g/mol. The molecular formula is C29H21Cl2NO5. The average Bonchev–Trinajstić information content (AvgIpc) is 3.17. The zero-order valence-electron chi connectivity index (χ0n) is 19.9. The van der Waals surface area contributed by atoms with E-state index in [-0.39, 0.29) is 26.9 Å². The molecule has 1 atom stereocenters. The molecule has 1 unspecified atom stereocenters. The summed E-state index contributed by atoms with van der Waals surface area (Å²) in [5.74, 6) is -1.14. The van der Waals surface area contributed by atoms with E-state index in [1.165, 1.54) is 24.1 Å². The highest BCUT2D eigenvalue weighted by molar-refractivity contribution is 6.52. The lowest BCUT2D eigenvalue weighted by Gasteiger charge is -2.26. The van der Waals surface area contributed by atoms with Crippen LogP contribution >= 0.6 is 23.2 Å². The number of Topliss-reactive ketones (excluding diaryl/α,β-unsaturated/α-hetero) is 1. The third-order valence-electron chi connectivity index (χ3n) is 6.39. The van der Waals surface area contributed by atoms with Gasteiger partial charge in [0, 0.05) is 11.3 Å². The molecule has 1 aliphatic heterocycles. The van der Waals surface area contributed by atoms with Crippen LogP contribution in [-0.2, 0) is 9.59 Å². The fourth-order valence-electron chi connectivity index (χ4n) is 4.67. The molecule has 1 fully saturated rings. The number of methoxy groups -OCH3 is 2. The van der Waals surface area contributed by atoms with E-state index in [9.17, 15) is 14.7 Å². The minimum Gasteiger partial charge on any atom is -0.507 e. The molecule has 4 aromatic carbocycles. The molecule has 6 nitrogen and oxygen atoms in total. The number of hydrogen-bond donors (Lipinski definition) is 1. The maximum atomic E-state index is 13.5. The Balaban J connectivity index is 1.79. The topological polar surface area (TPSA) is 76.1 Å². The Morgan fingerprint density at radius 1 is 0.865 bits per heavy atom. The number of aliphatic hydroxyl groups excluding tert-OH is 1. The van der Waals surface area contributed by atoms with Crippen LogP contribution < -0.4 is 14.4 Å². The molecule has 5 rings (SSSR count). The number of fused-ring (bicyclic) bond motifs is 1. The van der Waals surface area contributed by atoms with Gasteiger partial charge in [0.1, 0.15) is 11.5 Å². The first-order valence-electron chi connectivity index (χ1n) is 11.3. The van der Waals surface area contributed by atoms with Gasteiger partial charge in [0.25, 0.3) is 11.7 Å². The molecule has 37 heavy (non-hydrogen) atoms. The lowest BCUT2D eigenvalue weighted by molar-refractivity contribution is -0.132. The van der Waals surface area contributed by atoms with Crippen LogP contribution in [0.25, 0.3) is 16.5 Å². The van der Waals surface area contributed by atoms with Crippen LogP contribution in [0.1, 0.15) is 17.2 Å². The molecule has 0 saturated carbocycles. The highest BCUT2D eigenvalue weighted by Crippen LogP contribution is 2.45. The van der Waals surface area contributed by atoms with Crippen LogP contribution in [0.2, 0.25) is 10.0 Å². The number of ketones is 1. The van der Waals surface area contributed by atoms with E-state index in [1.54, 1.807) is 31.4 Å². The summed E-state index contributed by atoms with van der Waals surface area (Å²) in [4.78, 5) is 28.4. The zero-order valence-corrected chi connectivity index (χ0v) is 21.4. The molecule has 1 aliphatic rings. The third kappa shape index (κ3) is 4.18. The summed E-state index contributed by atoms with van der Waals surface area (Å²) >= 11 is 12.6. The van der Waals surface area contributed by atoms with Gasteiger partial charge in [0.05, 0.1) is 35.9 Å². The summed E-state index contributed by atoms with van der Waals surface area (Å²) in [5.41, 5.74) is 1.27. The highest BCUT2D eigenvalue weighted by Gasteiger charge is 2.47. The first-order valence-corrected chi connectivity index (χ1v) is 12.1. The number of benzene rings is 4. The van der Waals surface area contributed by atoms with Crippen molar-refractivity contribution in [1.82, 2.24) is 0 Å². The number of aliphatic hydroxyl groups is 1. The van der Waals surface area contributed by atoms with Crippen LogP contribution in [-0.4, -0.2) is 31.0 Å². The molecule has 0 aromatic heterocycles. The highest BCUT2D eigenvalue weighted by atomic mass is 35.5. The van der Waals surface area contributed by atoms with Gasteiger partial charge < -0.3 is 14.6 Å². The molecule has 0 spiro atoms. The summed E-state index contributed by atoms with van der Waals surface area (Å²) in [6.07, 6.45) is 0. The maximum absolute atomic E-state index is 13.5. The molecule has 4 aromatic rings. The standard InChI is InChI=1S/C29H21Cl2NO5/c1-36-19-12-10-18(11-13-19)32-25(21-9-5-7-16-6-3-4-8-20(16)21)24(27(34)29(32)35)26(33)17-14-22(30)28(37-2)23(31)15-17/h3-15,25,33H,1-2H3/b26-24+. The predicted molar refractivity (Wildman–Crippen MR) is 145 cm³/mol. The number of ether oxygens (including phenoxy) is 2.